The van der Waals surface area contributed by atoms with Crippen LogP contribution in [-0.2, 0) is 19.0 Å². The number of hydrogen-bond acceptors (Lipinski definition) is 6. The molecule has 6 saturated carbocycles. The van der Waals surface area contributed by atoms with Gasteiger partial charge in [-0.1, -0.05) is 32.3 Å². The molecule has 7 atom stereocenters. The summed E-state index contributed by atoms with van der Waals surface area (Å²) in [6, 6.07) is 0. The maximum absolute atomic E-state index is 14.0. The van der Waals surface area contributed by atoms with Gasteiger partial charge in [0.15, 0.2) is 5.60 Å². The third kappa shape index (κ3) is 5.30. The largest absolute Gasteiger partial charge is 0.456 e. The van der Waals surface area contributed by atoms with Gasteiger partial charge in [0.2, 0.25) is 0 Å². The van der Waals surface area contributed by atoms with Gasteiger partial charge in [-0.25, -0.2) is 4.79 Å². The Hall–Kier alpha value is -1.16. The van der Waals surface area contributed by atoms with Crippen molar-refractivity contribution in [2.24, 2.45) is 16.7 Å². The quantitative estimate of drug-likeness (QED) is 0.198. The SMILES string of the molecule is C=C(C)C(=O)OC12CC3CC(C4(OC(C)C(C)(C)O)CCCC4)(C1)CC(C1(OC(C)C(C)(O)C(F)(F)F)CCCC1)(C3)C2. The van der Waals surface area contributed by atoms with Crippen molar-refractivity contribution in [2.75, 3.05) is 0 Å². The summed E-state index contributed by atoms with van der Waals surface area (Å²) in [5.41, 5.74) is -6.95. The van der Waals surface area contributed by atoms with Gasteiger partial charge < -0.3 is 24.4 Å². The number of aliphatic hydroxyl groups is 2. The van der Waals surface area contributed by atoms with Crippen molar-refractivity contribution in [1.82, 2.24) is 0 Å². The van der Waals surface area contributed by atoms with Gasteiger partial charge in [0.25, 0.3) is 0 Å². The summed E-state index contributed by atoms with van der Waals surface area (Å²) in [6.07, 6.45) is 3.99. The predicted octanol–water partition coefficient (Wildman–Crippen LogP) is 7.33. The summed E-state index contributed by atoms with van der Waals surface area (Å²) in [7, 11) is 0. The van der Waals surface area contributed by atoms with Crippen LogP contribution in [-0.4, -0.2) is 62.6 Å². The highest BCUT2D eigenvalue weighted by Gasteiger charge is 2.75. The van der Waals surface area contributed by atoms with Crippen LogP contribution in [0.2, 0.25) is 0 Å². The number of alkyl halides is 3. The Kier molecular flexibility index (Phi) is 8.05. The Balaban J connectivity index is 1.63. The molecular formula is C34H53F3O6. The summed E-state index contributed by atoms with van der Waals surface area (Å²) in [5, 5.41) is 21.6. The van der Waals surface area contributed by atoms with Crippen LogP contribution < -0.4 is 0 Å². The van der Waals surface area contributed by atoms with E-state index >= 15 is 0 Å². The van der Waals surface area contributed by atoms with E-state index < -0.39 is 63.2 Å². The molecule has 0 aromatic carbocycles. The Morgan fingerprint density at radius 2 is 1.26 bits per heavy atom. The zero-order valence-electron chi connectivity index (χ0n) is 27.0. The lowest BCUT2D eigenvalue weighted by Crippen LogP contribution is -2.72. The molecule has 246 valence electrons. The monoisotopic (exact) mass is 614 g/mol. The van der Waals surface area contributed by atoms with Crippen molar-refractivity contribution in [3.05, 3.63) is 12.2 Å². The first kappa shape index (κ1) is 33.2. The summed E-state index contributed by atoms with van der Waals surface area (Å²) in [6.45, 7) is 13.1. The molecule has 6 aliphatic rings. The van der Waals surface area contributed by atoms with Crippen molar-refractivity contribution in [3.8, 4) is 0 Å². The zero-order chi connectivity index (χ0) is 31.9. The van der Waals surface area contributed by atoms with Crippen LogP contribution in [0.25, 0.3) is 0 Å². The topological polar surface area (TPSA) is 85.2 Å². The van der Waals surface area contributed by atoms with Gasteiger partial charge in [-0.3, -0.25) is 0 Å². The molecule has 0 aliphatic heterocycles. The molecule has 9 heteroatoms. The van der Waals surface area contributed by atoms with E-state index in [-0.39, 0.29) is 5.92 Å². The minimum Gasteiger partial charge on any atom is -0.456 e. The first-order valence-electron chi connectivity index (χ1n) is 16.4. The fourth-order valence-corrected chi connectivity index (χ4v) is 10.4. The second-order valence-electron chi connectivity index (χ2n) is 16.1. The lowest BCUT2D eigenvalue weighted by molar-refractivity contribution is -0.341. The number of ether oxygens (including phenoxy) is 3. The van der Waals surface area contributed by atoms with E-state index in [9.17, 15) is 28.2 Å². The second kappa shape index (κ2) is 10.4. The Labute approximate surface area is 255 Å². The fraction of sp³-hybridized carbons (Fsp3) is 0.912. The van der Waals surface area contributed by atoms with Gasteiger partial charge in [-0.05, 0) is 112 Å². The Morgan fingerprint density at radius 3 is 1.65 bits per heavy atom. The lowest BCUT2D eigenvalue weighted by Gasteiger charge is -2.72. The zero-order valence-corrected chi connectivity index (χ0v) is 27.0. The van der Waals surface area contributed by atoms with Crippen LogP contribution in [0.4, 0.5) is 13.2 Å². The van der Waals surface area contributed by atoms with Crippen LogP contribution in [0.15, 0.2) is 12.2 Å². The molecule has 0 saturated heterocycles. The molecule has 0 heterocycles. The van der Waals surface area contributed by atoms with Crippen LogP contribution >= 0.6 is 0 Å². The first-order chi connectivity index (χ1) is 19.7. The molecule has 0 aromatic rings. The van der Waals surface area contributed by atoms with Crippen molar-refractivity contribution < 1.29 is 42.4 Å². The average Bonchev–Trinajstić information content (AvgIpc) is 3.53. The fourth-order valence-electron chi connectivity index (χ4n) is 10.4. The molecule has 6 fully saturated rings. The van der Waals surface area contributed by atoms with Gasteiger partial charge in [0.1, 0.15) is 5.60 Å². The molecule has 6 aliphatic carbocycles. The Bertz CT molecular complexity index is 1100. The minimum absolute atomic E-state index is 0.187. The second-order valence-corrected chi connectivity index (χ2v) is 16.1. The molecule has 0 radical (unpaired) electrons. The number of carbonyl (C=O) groups excluding carboxylic acids is 1. The minimum atomic E-state index is -4.85. The van der Waals surface area contributed by atoms with Gasteiger partial charge in [0.05, 0.1) is 29.0 Å². The van der Waals surface area contributed by atoms with Crippen molar-refractivity contribution in [2.45, 2.75) is 178 Å². The first-order valence-corrected chi connectivity index (χ1v) is 16.4. The molecule has 0 aromatic heterocycles. The maximum Gasteiger partial charge on any atom is 0.419 e. The van der Waals surface area contributed by atoms with E-state index in [4.69, 9.17) is 14.2 Å². The standard InChI is InChI=1S/C34H53F3O6/c1-22(2)26(38)43-31-18-25-16-29(20-31,32(12-8-9-13-32)41-23(3)27(5,6)39)19-30(17-25,21-31)33(14-10-11-15-33)42-24(4)28(7,40)34(35,36)37/h23-25,39-40H,1,8-21H2,2-7H3. The van der Waals surface area contributed by atoms with Crippen molar-refractivity contribution in [1.29, 1.82) is 0 Å². The number of hydrogen-bond donors (Lipinski definition) is 2. The van der Waals surface area contributed by atoms with E-state index in [0.717, 1.165) is 58.3 Å². The summed E-state index contributed by atoms with van der Waals surface area (Å²) >= 11 is 0. The summed E-state index contributed by atoms with van der Waals surface area (Å²) < 4.78 is 62.2. The van der Waals surface area contributed by atoms with Gasteiger partial charge in [-0.2, -0.15) is 13.2 Å². The average molecular weight is 615 g/mol. The number of carbonyl (C=O) groups is 1. The smallest absolute Gasteiger partial charge is 0.419 e. The number of halogens is 3. The third-order valence-electron chi connectivity index (χ3n) is 12.6. The highest BCUT2D eigenvalue weighted by Crippen LogP contribution is 2.76. The highest BCUT2D eigenvalue weighted by atomic mass is 19.4. The van der Waals surface area contributed by atoms with E-state index in [0.29, 0.717) is 44.1 Å². The number of rotatable bonds is 10. The molecule has 7 unspecified atom stereocenters. The van der Waals surface area contributed by atoms with Crippen LogP contribution in [0.5, 0.6) is 0 Å². The van der Waals surface area contributed by atoms with Crippen molar-refractivity contribution >= 4 is 5.97 Å². The molecule has 6 rings (SSSR count). The highest BCUT2D eigenvalue weighted by molar-refractivity contribution is 5.87. The molecule has 0 amide bonds. The lowest BCUT2D eigenvalue weighted by atomic mass is 9.36. The molecule has 43 heavy (non-hydrogen) atoms. The van der Waals surface area contributed by atoms with E-state index in [1.807, 2.05) is 6.92 Å². The maximum atomic E-state index is 14.0. The van der Waals surface area contributed by atoms with Gasteiger partial charge >= 0.3 is 12.1 Å². The molecular weight excluding hydrogens is 561 g/mol. The molecule has 2 N–H and O–H groups in total. The van der Waals surface area contributed by atoms with Gasteiger partial charge in [0, 0.05) is 16.4 Å². The molecule has 6 nitrogen and oxygen atoms in total. The Morgan fingerprint density at radius 1 is 0.814 bits per heavy atom. The summed E-state index contributed by atoms with van der Waals surface area (Å²) in [5.74, 6) is -0.250. The van der Waals surface area contributed by atoms with E-state index in [1.54, 1.807) is 20.8 Å². The van der Waals surface area contributed by atoms with E-state index in [1.165, 1.54) is 6.92 Å². The van der Waals surface area contributed by atoms with Crippen LogP contribution in [0.1, 0.15) is 131 Å². The molecule has 0 spiro atoms. The normalized spacial score (nSPS) is 37.6. The third-order valence-corrected chi connectivity index (χ3v) is 12.6. The van der Waals surface area contributed by atoms with Crippen LogP contribution in [0, 0.1) is 16.7 Å². The van der Waals surface area contributed by atoms with Crippen LogP contribution in [0.3, 0.4) is 0 Å². The number of esters is 1. The summed E-state index contributed by atoms with van der Waals surface area (Å²) in [4.78, 5) is 13.2. The van der Waals surface area contributed by atoms with E-state index in [2.05, 4.69) is 6.58 Å². The van der Waals surface area contributed by atoms with Gasteiger partial charge in [-0.15, -0.1) is 0 Å². The predicted molar refractivity (Wildman–Crippen MR) is 156 cm³/mol. The van der Waals surface area contributed by atoms with Crippen molar-refractivity contribution in [3.63, 3.8) is 0 Å². The molecule has 4 bridgehead atoms.